The standard InChI is InChI=1S/C27H26F2N4O4/c1-15(2)37-26(36)33-13-20-23(21(34)14-33)18(10-16-6-4-3-5-7-16)24(31-20)17-8-9-30-22(11-17)32-25(35)19-12-27(19,28)29/h3-9,11,15,19,31H,10,12-14H2,1-2H3,(H,30,32,35). The summed E-state index contributed by atoms with van der Waals surface area (Å²) < 4.78 is 31.9. The van der Waals surface area contributed by atoms with Crippen LogP contribution in [0.5, 0.6) is 0 Å². The predicted molar refractivity (Wildman–Crippen MR) is 131 cm³/mol. The van der Waals surface area contributed by atoms with Crippen LogP contribution in [-0.4, -0.2) is 51.2 Å². The highest BCUT2D eigenvalue weighted by atomic mass is 19.3. The molecule has 2 N–H and O–H groups in total. The van der Waals surface area contributed by atoms with Crippen LogP contribution in [0.15, 0.2) is 48.7 Å². The SMILES string of the molecule is CC(C)OC(=O)N1CC(=O)c2c([nH]c(-c3ccnc(NC(=O)C4CC4(F)F)c3)c2Cc2ccccc2)C1. The van der Waals surface area contributed by atoms with E-state index in [1.165, 1.54) is 11.1 Å². The molecule has 5 rings (SSSR count). The summed E-state index contributed by atoms with van der Waals surface area (Å²) in [6.07, 6.45) is 0.554. The van der Waals surface area contributed by atoms with E-state index in [9.17, 15) is 23.2 Å². The number of aromatic nitrogens is 2. The summed E-state index contributed by atoms with van der Waals surface area (Å²) in [5.41, 5.74) is 4.09. The lowest BCUT2D eigenvalue weighted by molar-refractivity contribution is -0.119. The molecule has 1 aliphatic heterocycles. The summed E-state index contributed by atoms with van der Waals surface area (Å²) in [7, 11) is 0. The number of amides is 2. The van der Waals surface area contributed by atoms with Crippen LogP contribution in [0.4, 0.5) is 19.4 Å². The molecule has 0 saturated heterocycles. The number of hydrogen-bond donors (Lipinski definition) is 2. The maximum absolute atomic E-state index is 13.3. The number of carbonyl (C=O) groups excluding carboxylic acids is 3. The fourth-order valence-corrected chi connectivity index (χ4v) is 4.54. The number of benzene rings is 1. The number of halogens is 2. The molecule has 2 aromatic heterocycles. The number of aromatic amines is 1. The molecule has 1 aromatic carbocycles. The second kappa shape index (κ2) is 9.42. The maximum Gasteiger partial charge on any atom is 0.410 e. The average molecular weight is 509 g/mol. The topological polar surface area (TPSA) is 104 Å². The Morgan fingerprint density at radius 1 is 1.22 bits per heavy atom. The van der Waals surface area contributed by atoms with Gasteiger partial charge in [0, 0.05) is 35.9 Å². The van der Waals surface area contributed by atoms with Crippen molar-refractivity contribution in [2.24, 2.45) is 5.92 Å². The summed E-state index contributed by atoms with van der Waals surface area (Å²) in [6, 6.07) is 12.9. The van der Waals surface area contributed by atoms with Gasteiger partial charge in [-0.25, -0.2) is 18.6 Å². The Hall–Kier alpha value is -4.08. The second-order valence-electron chi connectivity index (χ2n) is 9.64. The molecule has 1 unspecified atom stereocenters. The summed E-state index contributed by atoms with van der Waals surface area (Å²) >= 11 is 0. The minimum Gasteiger partial charge on any atom is -0.447 e. The fraction of sp³-hybridized carbons (Fsp3) is 0.333. The molecule has 10 heteroatoms. The fourth-order valence-electron chi connectivity index (χ4n) is 4.54. The van der Waals surface area contributed by atoms with Crippen LogP contribution in [0.25, 0.3) is 11.3 Å². The van der Waals surface area contributed by atoms with Gasteiger partial charge in [-0.2, -0.15) is 0 Å². The summed E-state index contributed by atoms with van der Waals surface area (Å²) in [5, 5.41) is 2.47. The zero-order valence-corrected chi connectivity index (χ0v) is 20.4. The van der Waals surface area contributed by atoms with Crippen molar-refractivity contribution in [3.8, 4) is 11.3 Å². The summed E-state index contributed by atoms with van der Waals surface area (Å²) in [5.74, 6) is -5.18. The smallest absolute Gasteiger partial charge is 0.410 e. The van der Waals surface area contributed by atoms with Crippen molar-refractivity contribution in [2.75, 3.05) is 11.9 Å². The van der Waals surface area contributed by atoms with E-state index in [0.29, 0.717) is 28.9 Å². The molecular formula is C27H26F2N4O4. The normalized spacial score (nSPS) is 17.9. The third kappa shape index (κ3) is 5.09. The lowest BCUT2D eigenvalue weighted by Gasteiger charge is -2.26. The van der Waals surface area contributed by atoms with Gasteiger partial charge in [-0.3, -0.25) is 14.5 Å². The van der Waals surface area contributed by atoms with Gasteiger partial charge < -0.3 is 15.0 Å². The van der Waals surface area contributed by atoms with Crippen LogP contribution >= 0.6 is 0 Å². The maximum atomic E-state index is 13.3. The van der Waals surface area contributed by atoms with Crippen LogP contribution in [0, 0.1) is 5.92 Å². The molecule has 1 aliphatic carbocycles. The minimum atomic E-state index is -2.98. The Labute approximate surface area is 212 Å². The number of carbonyl (C=O) groups is 3. The number of anilines is 1. The quantitative estimate of drug-likeness (QED) is 0.498. The molecule has 1 saturated carbocycles. The lowest BCUT2D eigenvalue weighted by Crippen LogP contribution is -2.40. The monoisotopic (exact) mass is 508 g/mol. The molecule has 0 radical (unpaired) electrons. The minimum absolute atomic E-state index is 0.106. The number of nitrogens with one attached hydrogen (secondary N) is 2. The van der Waals surface area contributed by atoms with Gasteiger partial charge in [0.25, 0.3) is 5.92 Å². The molecule has 2 aliphatic rings. The largest absolute Gasteiger partial charge is 0.447 e. The number of rotatable bonds is 6. The number of nitrogens with zero attached hydrogens (tertiary/aromatic N) is 2. The average Bonchev–Trinajstić information content (AvgIpc) is 3.34. The van der Waals surface area contributed by atoms with E-state index in [1.807, 2.05) is 30.3 Å². The molecular weight excluding hydrogens is 482 g/mol. The summed E-state index contributed by atoms with van der Waals surface area (Å²) in [6.45, 7) is 3.54. The third-order valence-electron chi connectivity index (χ3n) is 6.40. The van der Waals surface area contributed by atoms with Gasteiger partial charge in [-0.1, -0.05) is 30.3 Å². The molecule has 8 nitrogen and oxygen atoms in total. The van der Waals surface area contributed by atoms with Crippen LogP contribution in [-0.2, 0) is 22.5 Å². The first-order valence-corrected chi connectivity index (χ1v) is 12.0. The van der Waals surface area contributed by atoms with E-state index in [0.717, 1.165) is 11.1 Å². The van der Waals surface area contributed by atoms with Crippen LogP contribution in [0.2, 0.25) is 0 Å². The highest BCUT2D eigenvalue weighted by molar-refractivity contribution is 6.04. The van der Waals surface area contributed by atoms with Gasteiger partial charge in [0.2, 0.25) is 5.91 Å². The van der Waals surface area contributed by atoms with Gasteiger partial charge in [0.05, 0.1) is 24.9 Å². The number of Topliss-reactive ketones (excluding diaryl/α,β-unsaturated/α-hetero) is 1. The zero-order chi connectivity index (χ0) is 26.3. The van der Waals surface area contributed by atoms with Crippen molar-refractivity contribution < 1.29 is 27.9 Å². The summed E-state index contributed by atoms with van der Waals surface area (Å²) in [4.78, 5) is 46.8. The van der Waals surface area contributed by atoms with Crippen molar-refractivity contribution in [2.45, 2.75) is 45.3 Å². The molecule has 3 aromatic rings. The first-order valence-electron chi connectivity index (χ1n) is 12.0. The highest BCUT2D eigenvalue weighted by Gasteiger charge is 2.61. The predicted octanol–water partition coefficient (Wildman–Crippen LogP) is 4.80. The Morgan fingerprint density at radius 2 is 1.95 bits per heavy atom. The molecule has 37 heavy (non-hydrogen) atoms. The van der Waals surface area contributed by atoms with Gasteiger partial charge in [-0.15, -0.1) is 0 Å². The van der Waals surface area contributed by atoms with Crippen molar-refractivity contribution in [1.82, 2.24) is 14.9 Å². The van der Waals surface area contributed by atoms with Crippen LogP contribution in [0.3, 0.4) is 0 Å². The molecule has 2 amide bonds. The van der Waals surface area contributed by atoms with Crippen molar-refractivity contribution in [3.05, 3.63) is 71.0 Å². The van der Waals surface area contributed by atoms with E-state index in [2.05, 4.69) is 15.3 Å². The van der Waals surface area contributed by atoms with E-state index in [1.54, 1.807) is 26.0 Å². The molecule has 1 atom stereocenters. The first-order chi connectivity index (χ1) is 17.6. The van der Waals surface area contributed by atoms with Crippen molar-refractivity contribution in [1.29, 1.82) is 0 Å². The molecule has 0 spiro atoms. The lowest BCUT2D eigenvalue weighted by atomic mass is 9.94. The van der Waals surface area contributed by atoms with E-state index in [-0.39, 0.29) is 30.8 Å². The molecule has 1 fully saturated rings. The molecule has 0 bridgehead atoms. The van der Waals surface area contributed by atoms with Crippen LogP contribution < -0.4 is 5.32 Å². The Morgan fingerprint density at radius 3 is 2.62 bits per heavy atom. The van der Waals surface area contributed by atoms with E-state index >= 15 is 0 Å². The van der Waals surface area contributed by atoms with Gasteiger partial charge in [0.15, 0.2) is 5.78 Å². The number of ether oxygens (including phenoxy) is 1. The Balaban J connectivity index is 1.50. The number of pyridine rings is 1. The van der Waals surface area contributed by atoms with Gasteiger partial charge >= 0.3 is 6.09 Å². The van der Waals surface area contributed by atoms with E-state index < -0.39 is 30.3 Å². The first kappa shape index (κ1) is 24.6. The van der Waals surface area contributed by atoms with Crippen LogP contribution in [0.1, 0.15) is 47.4 Å². The Bertz CT molecular complexity index is 1370. The van der Waals surface area contributed by atoms with Gasteiger partial charge in [0.1, 0.15) is 11.7 Å². The number of alkyl halides is 2. The zero-order valence-electron chi connectivity index (χ0n) is 20.4. The second-order valence-corrected chi connectivity index (χ2v) is 9.64. The van der Waals surface area contributed by atoms with Gasteiger partial charge in [-0.05, 0) is 37.1 Å². The molecule has 192 valence electrons. The van der Waals surface area contributed by atoms with Crippen molar-refractivity contribution >= 4 is 23.6 Å². The molecule has 3 heterocycles. The third-order valence-corrected chi connectivity index (χ3v) is 6.40. The number of hydrogen-bond acceptors (Lipinski definition) is 5. The number of ketones is 1. The van der Waals surface area contributed by atoms with E-state index in [4.69, 9.17) is 4.74 Å². The van der Waals surface area contributed by atoms with Crippen molar-refractivity contribution in [3.63, 3.8) is 0 Å². The Kier molecular flexibility index (Phi) is 6.26. The number of H-pyrrole nitrogens is 1. The highest BCUT2D eigenvalue weighted by Crippen LogP contribution is 2.49. The number of fused-ring (bicyclic) bond motifs is 1.